The van der Waals surface area contributed by atoms with Crippen LogP contribution < -0.4 is 71.2 Å². The van der Waals surface area contributed by atoms with Crippen molar-refractivity contribution in [3.8, 4) is 0 Å². The third-order valence-corrected chi connectivity index (χ3v) is 8.16. The smallest absolute Gasteiger partial charge is 0.326 e. The molecular formula is C33H57N13O14. The highest BCUT2D eigenvalue weighted by atomic mass is 16.4. The van der Waals surface area contributed by atoms with Gasteiger partial charge in [-0.1, -0.05) is 0 Å². The molecule has 0 fully saturated rings. The summed E-state index contributed by atoms with van der Waals surface area (Å²) in [6, 6.07) is -9.81. The summed E-state index contributed by atoms with van der Waals surface area (Å²) in [6.07, 6.45) is -0.849. The second-order valence-electron chi connectivity index (χ2n) is 13.4. The molecule has 27 nitrogen and oxygen atoms in total. The van der Waals surface area contributed by atoms with Crippen LogP contribution in [0.1, 0.15) is 65.2 Å². The van der Waals surface area contributed by atoms with Gasteiger partial charge in [0, 0.05) is 12.8 Å². The number of nitrogens with two attached hydrogens (primary N) is 5. The highest BCUT2D eigenvalue weighted by Crippen LogP contribution is 2.05. The number of amides is 11. The Bertz CT molecular complexity index is 1580. The van der Waals surface area contributed by atoms with Crippen LogP contribution in [0.5, 0.6) is 0 Å². The Kier molecular flexibility index (Phi) is 25.0. The quantitative estimate of drug-likeness (QED) is 0.0298. The van der Waals surface area contributed by atoms with Crippen molar-refractivity contribution in [2.24, 2.45) is 28.7 Å². The zero-order valence-corrected chi connectivity index (χ0v) is 33.2. The van der Waals surface area contributed by atoms with E-state index in [-0.39, 0.29) is 32.2 Å². The number of aliphatic carboxylic acids is 1. The van der Waals surface area contributed by atoms with Gasteiger partial charge in [0.25, 0.3) is 0 Å². The predicted octanol–water partition coefficient (Wildman–Crippen LogP) is -8.89. The molecule has 7 unspecified atom stereocenters. The average Bonchev–Trinajstić information content (AvgIpc) is 3.17. The van der Waals surface area contributed by atoms with Crippen LogP contribution >= 0.6 is 0 Å². The van der Waals surface area contributed by atoms with Crippen molar-refractivity contribution in [3.05, 3.63) is 0 Å². The zero-order chi connectivity index (χ0) is 46.1. The number of aliphatic hydroxyl groups excluding tert-OH is 1. The van der Waals surface area contributed by atoms with Gasteiger partial charge in [0.1, 0.15) is 36.3 Å². The third kappa shape index (κ3) is 22.5. The molecule has 0 radical (unpaired) electrons. The number of primary amides is 3. The van der Waals surface area contributed by atoms with Crippen molar-refractivity contribution >= 4 is 70.9 Å². The van der Waals surface area contributed by atoms with Crippen molar-refractivity contribution < 1.29 is 67.7 Å². The largest absolute Gasteiger partial charge is 0.480 e. The summed E-state index contributed by atoms with van der Waals surface area (Å²) >= 11 is 0. The fourth-order valence-electron chi connectivity index (χ4n) is 4.75. The molecule has 0 rings (SSSR count). The van der Waals surface area contributed by atoms with Crippen molar-refractivity contribution in [3.63, 3.8) is 0 Å². The van der Waals surface area contributed by atoms with Gasteiger partial charge in [0.2, 0.25) is 65.0 Å². The van der Waals surface area contributed by atoms with E-state index in [9.17, 15) is 62.6 Å². The molecule has 0 aromatic rings. The van der Waals surface area contributed by atoms with E-state index in [2.05, 4.69) is 31.9 Å². The van der Waals surface area contributed by atoms with Gasteiger partial charge >= 0.3 is 5.97 Å². The molecule has 0 saturated carbocycles. The van der Waals surface area contributed by atoms with Gasteiger partial charge < -0.3 is 81.4 Å². The molecule has 0 heterocycles. The van der Waals surface area contributed by atoms with Gasteiger partial charge in [-0.3, -0.25) is 52.7 Å². The monoisotopic (exact) mass is 859 g/mol. The molecule has 0 aliphatic heterocycles. The van der Waals surface area contributed by atoms with Crippen molar-refractivity contribution in [2.75, 3.05) is 26.2 Å². The van der Waals surface area contributed by atoms with E-state index >= 15 is 0 Å². The molecule has 0 aromatic carbocycles. The third-order valence-electron chi connectivity index (χ3n) is 8.16. The number of carboxylic acid groups (broad SMARTS) is 1. The van der Waals surface area contributed by atoms with E-state index < -0.39 is 146 Å². The average molecular weight is 860 g/mol. The first-order chi connectivity index (χ1) is 28.0. The molecule has 0 spiro atoms. The van der Waals surface area contributed by atoms with Crippen LogP contribution in [-0.2, 0) is 57.5 Å². The highest BCUT2D eigenvalue weighted by molar-refractivity contribution is 5.97. The summed E-state index contributed by atoms with van der Waals surface area (Å²) in [5, 5.41) is 36.5. The zero-order valence-electron chi connectivity index (χ0n) is 33.2. The van der Waals surface area contributed by atoms with Gasteiger partial charge in [0.05, 0.1) is 32.2 Å². The predicted molar refractivity (Wildman–Crippen MR) is 205 cm³/mol. The summed E-state index contributed by atoms with van der Waals surface area (Å²) in [6.45, 7) is 0.269. The number of hydrogen-bond acceptors (Lipinski definition) is 15. The number of aliphatic hydroxyl groups is 1. The molecule has 20 N–H and O–H groups in total. The van der Waals surface area contributed by atoms with Crippen LogP contribution in [-0.4, -0.2) is 150 Å². The lowest BCUT2D eigenvalue weighted by Gasteiger charge is -2.24. The van der Waals surface area contributed by atoms with Crippen LogP contribution in [0.25, 0.3) is 0 Å². The Morgan fingerprint density at radius 3 is 1.50 bits per heavy atom. The topological polar surface area (TPSA) is 472 Å². The maximum atomic E-state index is 13.3. The standard InChI is InChI=1S/C33H57N13O14/c1-15(41-29(55)17(35)6-8-22(36)48)27(53)44-18(5-3-4-10-34)31(57)42-16(2)28(54)45-19(7-9-23(37)49)30(56)40-12-25(51)39-13-26(52)43-21(14-47)32(58)46-20(33(59)60)11-24(38)50/h15-21,47H,3-14,34-35H2,1-2H3,(H2,36,48)(H2,37,49)(H2,38,50)(H,39,51)(H,40,56)(H,41,55)(H,42,57)(H,43,52)(H,44,53)(H,45,54)(H,46,58)(H,59,60). The molecule has 60 heavy (non-hydrogen) atoms. The second kappa shape index (κ2) is 28.0. The van der Waals surface area contributed by atoms with E-state index in [0.717, 1.165) is 0 Å². The first-order valence-electron chi connectivity index (χ1n) is 18.5. The SMILES string of the molecule is CC(NC(=O)C(N)CCC(N)=O)C(=O)NC(CCCCN)C(=O)NC(C)C(=O)NC(CCC(N)=O)C(=O)NCC(=O)NCC(=O)NC(CO)C(=O)NC(CC(N)=O)C(=O)O. The van der Waals surface area contributed by atoms with E-state index in [1.807, 2.05) is 10.6 Å². The van der Waals surface area contributed by atoms with E-state index in [0.29, 0.717) is 12.8 Å². The van der Waals surface area contributed by atoms with Crippen LogP contribution in [0.2, 0.25) is 0 Å². The maximum Gasteiger partial charge on any atom is 0.326 e. The second-order valence-corrected chi connectivity index (χ2v) is 13.4. The summed E-state index contributed by atoms with van der Waals surface area (Å²) in [5.74, 6) is -11.6. The number of unbranched alkanes of at least 4 members (excludes halogenated alkanes) is 1. The van der Waals surface area contributed by atoms with Gasteiger partial charge in [-0.05, 0) is 52.5 Å². The van der Waals surface area contributed by atoms with Crippen molar-refractivity contribution in [1.82, 2.24) is 42.5 Å². The number of rotatable bonds is 30. The Hall–Kier alpha value is -6.48. The highest BCUT2D eigenvalue weighted by Gasteiger charge is 2.30. The fourth-order valence-corrected chi connectivity index (χ4v) is 4.75. The first kappa shape index (κ1) is 53.5. The lowest BCUT2D eigenvalue weighted by molar-refractivity contribution is -0.144. The summed E-state index contributed by atoms with van der Waals surface area (Å²) < 4.78 is 0. The molecule has 7 atom stereocenters. The molecule has 0 aliphatic rings. The lowest BCUT2D eigenvalue weighted by atomic mass is 10.1. The summed E-state index contributed by atoms with van der Waals surface area (Å²) in [7, 11) is 0. The molecule has 11 amide bonds. The Morgan fingerprint density at radius 1 is 0.517 bits per heavy atom. The number of nitrogens with one attached hydrogen (secondary N) is 8. The van der Waals surface area contributed by atoms with Gasteiger partial charge in [-0.2, -0.15) is 0 Å². The molecule has 0 saturated heterocycles. The van der Waals surface area contributed by atoms with Gasteiger partial charge in [-0.25, -0.2) is 4.79 Å². The minimum Gasteiger partial charge on any atom is -0.480 e. The van der Waals surface area contributed by atoms with Crippen LogP contribution in [0.15, 0.2) is 0 Å². The molecule has 0 aliphatic carbocycles. The lowest BCUT2D eigenvalue weighted by Crippen LogP contribution is -2.58. The number of carboxylic acids is 1. The number of carbonyl (C=O) groups is 12. The van der Waals surface area contributed by atoms with E-state index in [4.69, 9.17) is 33.8 Å². The minimum atomic E-state index is -1.75. The maximum absolute atomic E-state index is 13.3. The first-order valence-corrected chi connectivity index (χ1v) is 18.5. The molecule has 338 valence electrons. The summed E-state index contributed by atoms with van der Waals surface area (Å²) in [4.78, 5) is 146. The van der Waals surface area contributed by atoms with E-state index in [1.165, 1.54) is 13.8 Å². The van der Waals surface area contributed by atoms with Crippen LogP contribution in [0, 0.1) is 0 Å². The van der Waals surface area contributed by atoms with Crippen molar-refractivity contribution in [2.45, 2.75) is 108 Å². The minimum absolute atomic E-state index is 0.0677. The van der Waals surface area contributed by atoms with Gasteiger partial charge in [-0.15, -0.1) is 0 Å². The molecular weight excluding hydrogens is 802 g/mol. The fraction of sp³-hybridized carbons (Fsp3) is 0.636. The molecule has 27 heteroatoms. The Morgan fingerprint density at radius 2 is 1.00 bits per heavy atom. The van der Waals surface area contributed by atoms with Crippen LogP contribution in [0.3, 0.4) is 0 Å². The van der Waals surface area contributed by atoms with Gasteiger partial charge in [0.15, 0.2) is 0 Å². The molecule has 0 aromatic heterocycles. The molecule has 0 bridgehead atoms. The number of hydrogen-bond donors (Lipinski definition) is 15. The Balaban J connectivity index is 5.43. The normalized spacial score (nSPS) is 14.2. The van der Waals surface area contributed by atoms with Crippen LogP contribution in [0.4, 0.5) is 0 Å². The van der Waals surface area contributed by atoms with E-state index in [1.54, 1.807) is 0 Å². The Labute approximate surface area is 343 Å². The number of carbonyl (C=O) groups excluding carboxylic acids is 11. The summed E-state index contributed by atoms with van der Waals surface area (Å²) in [5.41, 5.74) is 26.5. The van der Waals surface area contributed by atoms with Crippen molar-refractivity contribution in [1.29, 1.82) is 0 Å².